The number of nitrogens with one attached hydrogen (secondary N) is 1. The zero-order chi connectivity index (χ0) is 14.2. The lowest BCUT2D eigenvalue weighted by atomic mass is 10.2. The van der Waals surface area contributed by atoms with Crippen LogP contribution in [0.25, 0.3) is 10.2 Å². The van der Waals surface area contributed by atoms with Crippen LogP contribution in [0.2, 0.25) is 0 Å². The number of hydrogen-bond donors (Lipinski definition) is 3. The minimum atomic E-state index is -0.604. The van der Waals surface area contributed by atoms with E-state index in [1.807, 2.05) is 0 Å². The summed E-state index contributed by atoms with van der Waals surface area (Å²) in [6.45, 7) is 2.28. The van der Waals surface area contributed by atoms with Crippen LogP contribution in [0.1, 0.15) is 21.7 Å². The molecule has 7 nitrogen and oxygen atoms in total. The number of nitrogens with two attached hydrogens (primary N) is 2. The number of primary amides is 1. The predicted molar refractivity (Wildman–Crippen MR) is 73.6 cm³/mol. The highest BCUT2D eigenvalue weighted by atomic mass is 32.1. The molecule has 0 spiro atoms. The van der Waals surface area contributed by atoms with Gasteiger partial charge in [-0.05, 0) is 25.5 Å². The van der Waals surface area contributed by atoms with E-state index in [2.05, 4.69) is 4.98 Å². The van der Waals surface area contributed by atoms with Gasteiger partial charge in [0.25, 0.3) is 11.5 Å². The molecule has 102 valence electrons. The third kappa shape index (κ3) is 2.20. The molecule has 1 amide bonds. The summed E-state index contributed by atoms with van der Waals surface area (Å²) in [6, 6.07) is 0. The van der Waals surface area contributed by atoms with Gasteiger partial charge < -0.3 is 11.5 Å². The van der Waals surface area contributed by atoms with Crippen LogP contribution in [-0.4, -0.2) is 22.0 Å². The molecule has 0 aliphatic carbocycles. The van der Waals surface area contributed by atoms with Crippen LogP contribution < -0.4 is 22.7 Å². The fourth-order valence-electron chi connectivity index (χ4n) is 1.94. The van der Waals surface area contributed by atoms with Crippen LogP contribution >= 0.6 is 11.3 Å². The Bertz CT molecular complexity index is 756. The van der Waals surface area contributed by atoms with E-state index in [9.17, 15) is 14.4 Å². The number of hydrogen-bond acceptors (Lipinski definition) is 5. The summed E-state index contributed by atoms with van der Waals surface area (Å²) in [7, 11) is 0. The molecule has 2 aromatic rings. The molecular weight excluding hydrogens is 268 g/mol. The van der Waals surface area contributed by atoms with E-state index in [1.165, 1.54) is 0 Å². The smallest absolute Gasteiger partial charge is 0.329 e. The van der Waals surface area contributed by atoms with Crippen LogP contribution in [0.3, 0.4) is 0 Å². The monoisotopic (exact) mass is 282 g/mol. The van der Waals surface area contributed by atoms with Crippen molar-refractivity contribution in [1.29, 1.82) is 0 Å². The average molecular weight is 282 g/mol. The summed E-state index contributed by atoms with van der Waals surface area (Å²) in [5.74, 6) is -0.604. The van der Waals surface area contributed by atoms with Gasteiger partial charge in [-0.2, -0.15) is 0 Å². The van der Waals surface area contributed by atoms with Gasteiger partial charge in [-0.15, -0.1) is 11.3 Å². The van der Waals surface area contributed by atoms with Crippen molar-refractivity contribution in [3.05, 3.63) is 31.3 Å². The number of aromatic amines is 1. The summed E-state index contributed by atoms with van der Waals surface area (Å²) >= 11 is 1.02. The second-order valence-electron chi connectivity index (χ2n) is 4.15. The van der Waals surface area contributed by atoms with Gasteiger partial charge in [0.1, 0.15) is 4.83 Å². The molecule has 0 atom stereocenters. The van der Waals surface area contributed by atoms with Gasteiger partial charge in [-0.1, -0.05) is 0 Å². The summed E-state index contributed by atoms with van der Waals surface area (Å²) < 4.78 is 1.10. The van der Waals surface area contributed by atoms with E-state index in [-0.39, 0.29) is 6.54 Å². The lowest BCUT2D eigenvalue weighted by Crippen LogP contribution is -2.35. The molecule has 0 saturated heterocycles. The van der Waals surface area contributed by atoms with Gasteiger partial charge in [-0.3, -0.25) is 19.1 Å². The van der Waals surface area contributed by atoms with Gasteiger partial charge in [0.2, 0.25) is 0 Å². The number of amides is 1. The molecule has 0 aliphatic heterocycles. The first-order valence-electron chi connectivity index (χ1n) is 5.73. The standard InChI is InChI=1S/C11H14N4O3S/c1-5-6-9(19-7(5)8(13)16)14-11(18)15(10(6)17)4-2-3-12/h2-4,12H2,1H3,(H2,13,16)(H,14,18). The number of fused-ring (bicyclic) bond motifs is 1. The Morgan fingerprint density at radius 3 is 2.68 bits per heavy atom. The van der Waals surface area contributed by atoms with Gasteiger partial charge in [0.15, 0.2) is 0 Å². The van der Waals surface area contributed by atoms with E-state index in [0.717, 1.165) is 15.9 Å². The second kappa shape index (κ2) is 4.98. The Hall–Kier alpha value is -1.93. The van der Waals surface area contributed by atoms with Gasteiger partial charge in [0.05, 0.1) is 10.3 Å². The van der Waals surface area contributed by atoms with E-state index in [4.69, 9.17) is 11.5 Å². The van der Waals surface area contributed by atoms with E-state index < -0.39 is 17.2 Å². The average Bonchev–Trinajstić information content (AvgIpc) is 2.66. The SMILES string of the molecule is Cc1c(C(N)=O)sc2[nH]c(=O)n(CCCN)c(=O)c12. The molecule has 2 heterocycles. The minimum absolute atomic E-state index is 0.252. The number of aryl methyl sites for hydroxylation is 1. The number of aromatic nitrogens is 2. The highest BCUT2D eigenvalue weighted by Gasteiger charge is 2.18. The highest BCUT2D eigenvalue weighted by molar-refractivity contribution is 7.20. The Balaban J connectivity index is 2.76. The van der Waals surface area contributed by atoms with E-state index >= 15 is 0 Å². The molecule has 0 unspecified atom stereocenters. The largest absolute Gasteiger partial charge is 0.365 e. The number of rotatable bonds is 4. The normalized spacial score (nSPS) is 11.1. The summed E-state index contributed by atoms with van der Waals surface area (Å²) in [5.41, 5.74) is 10.2. The van der Waals surface area contributed by atoms with Crippen LogP contribution in [-0.2, 0) is 6.54 Å². The summed E-state index contributed by atoms with van der Waals surface area (Å²) in [6.07, 6.45) is 0.528. The van der Waals surface area contributed by atoms with Crippen molar-refractivity contribution in [2.24, 2.45) is 11.5 Å². The molecule has 19 heavy (non-hydrogen) atoms. The molecule has 2 aromatic heterocycles. The van der Waals surface area contributed by atoms with Crippen LogP contribution in [0.15, 0.2) is 9.59 Å². The van der Waals surface area contributed by atoms with Crippen molar-refractivity contribution < 1.29 is 4.79 Å². The van der Waals surface area contributed by atoms with Crippen molar-refractivity contribution in [2.75, 3.05) is 6.54 Å². The van der Waals surface area contributed by atoms with Crippen LogP contribution in [0.5, 0.6) is 0 Å². The molecule has 0 bridgehead atoms. The highest BCUT2D eigenvalue weighted by Crippen LogP contribution is 2.25. The third-order valence-electron chi connectivity index (χ3n) is 2.88. The van der Waals surface area contributed by atoms with Crippen LogP contribution in [0.4, 0.5) is 0 Å². The minimum Gasteiger partial charge on any atom is -0.365 e. The number of nitrogens with zero attached hydrogens (tertiary/aromatic N) is 1. The van der Waals surface area contributed by atoms with Crippen molar-refractivity contribution in [3.8, 4) is 0 Å². The maximum Gasteiger partial charge on any atom is 0.329 e. The lowest BCUT2D eigenvalue weighted by Gasteiger charge is -2.03. The van der Waals surface area contributed by atoms with Crippen molar-refractivity contribution in [3.63, 3.8) is 0 Å². The molecule has 5 N–H and O–H groups in total. The molecule has 0 aromatic carbocycles. The molecule has 0 aliphatic rings. The second-order valence-corrected chi connectivity index (χ2v) is 5.17. The first kappa shape index (κ1) is 13.5. The van der Waals surface area contributed by atoms with E-state index in [0.29, 0.717) is 33.6 Å². The van der Waals surface area contributed by atoms with Gasteiger partial charge >= 0.3 is 5.69 Å². The number of thiophene rings is 1. The molecule has 0 fully saturated rings. The molecular formula is C11H14N4O3S. The number of carbonyl (C=O) groups is 1. The van der Waals surface area contributed by atoms with Crippen molar-refractivity contribution in [1.82, 2.24) is 9.55 Å². The van der Waals surface area contributed by atoms with Gasteiger partial charge in [0, 0.05) is 6.54 Å². The predicted octanol–water partition coefficient (Wildman–Crippen LogP) is -0.493. The first-order valence-corrected chi connectivity index (χ1v) is 6.55. The topological polar surface area (TPSA) is 124 Å². The fourth-order valence-corrected chi connectivity index (χ4v) is 2.98. The van der Waals surface area contributed by atoms with Crippen LogP contribution in [0, 0.1) is 6.92 Å². The van der Waals surface area contributed by atoms with Crippen molar-refractivity contribution in [2.45, 2.75) is 19.9 Å². The Morgan fingerprint density at radius 1 is 1.42 bits per heavy atom. The molecule has 8 heteroatoms. The van der Waals surface area contributed by atoms with Gasteiger partial charge in [-0.25, -0.2) is 4.79 Å². The zero-order valence-electron chi connectivity index (χ0n) is 10.4. The lowest BCUT2D eigenvalue weighted by molar-refractivity contribution is 0.100. The molecule has 2 rings (SSSR count). The quantitative estimate of drug-likeness (QED) is 0.699. The maximum absolute atomic E-state index is 12.3. The summed E-state index contributed by atoms with van der Waals surface area (Å²) in [4.78, 5) is 38.6. The molecule has 0 radical (unpaired) electrons. The first-order chi connectivity index (χ1) is 8.97. The van der Waals surface area contributed by atoms with Crippen molar-refractivity contribution >= 4 is 27.5 Å². The number of H-pyrrole nitrogens is 1. The maximum atomic E-state index is 12.3. The summed E-state index contributed by atoms with van der Waals surface area (Å²) in [5, 5.41) is 0.343. The Morgan fingerprint density at radius 2 is 2.11 bits per heavy atom. The fraction of sp³-hybridized carbons (Fsp3) is 0.364. The zero-order valence-corrected chi connectivity index (χ0v) is 11.2. The number of carbonyl (C=O) groups excluding carboxylic acids is 1. The Labute approximate surface area is 111 Å². The Kier molecular flexibility index (Phi) is 3.54. The van der Waals surface area contributed by atoms with E-state index in [1.54, 1.807) is 6.92 Å². The third-order valence-corrected chi connectivity index (χ3v) is 4.10. The molecule has 0 saturated carbocycles.